The number of pyridine rings is 1. The van der Waals surface area contributed by atoms with Gasteiger partial charge in [-0.1, -0.05) is 23.7 Å². The van der Waals surface area contributed by atoms with Gasteiger partial charge in [-0.05, 0) is 26.0 Å². The van der Waals surface area contributed by atoms with E-state index in [4.69, 9.17) is 27.5 Å². The molecule has 19 heavy (non-hydrogen) atoms. The van der Waals surface area contributed by atoms with Gasteiger partial charge in [0.25, 0.3) is 0 Å². The third-order valence-electron chi connectivity index (χ3n) is 2.62. The average molecular weight is 276 g/mol. The summed E-state index contributed by atoms with van der Waals surface area (Å²) in [5.74, 6) is 0.939. The van der Waals surface area contributed by atoms with Crippen molar-refractivity contribution in [3.05, 3.63) is 52.3 Å². The van der Waals surface area contributed by atoms with Crippen molar-refractivity contribution >= 4 is 17.4 Å². The summed E-state index contributed by atoms with van der Waals surface area (Å²) in [7, 11) is 0. The lowest BCUT2D eigenvalue weighted by Crippen LogP contribution is -2.15. The highest BCUT2D eigenvalue weighted by Gasteiger charge is 2.14. The number of hydrogen-bond donors (Lipinski definition) is 2. The van der Waals surface area contributed by atoms with E-state index < -0.39 is 0 Å². The van der Waals surface area contributed by atoms with E-state index in [2.05, 4.69) is 4.98 Å². The highest BCUT2D eigenvalue weighted by molar-refractivity contribution is 6.32. The summed E-state index contributed by atoms with van der Waals surface area (Å²) in [6.45, 7) is 3.65. The number of rotatable bonds is 3. The number of para-hydroxylation sites is 1. The predicted octanol–water partition coefficient (Wildman–Crippen LogP) is 3.43. The van der Waals surface area contributed by atoms with Crippen LogP contribution in [0.3, 0.4) is 0 Å². The Kier molecular flexibility index (Phi) is 3.71. The first-order valence-corrected chi connectivity index (χ1v) is 6.12. The minimum Gasteiger partial charge on any atom is -0.455 e. The number of halogens is 1. The fourth-order valence-electron chi connectivity index (χ4n) is 1.85. The van der Waals surface area contributed by atoms with E-state index in [0.29, 0.717) is 27.8 Å². The maximum atomic E-state index is 7.63. The lowest BCUT2D eigenvalue weighted by atomic mass is 10.1. The average Bonchev–Trinajstić information content (AvgIpc) is 2.30. The Labute approximate surface area is 116 Å². The molecule has 0 unspecified atom stereocenters. The summed E-state index contributed by atoms with van der Waals surface area (Å²) in [6, 6.07) is 8.90. The zero-order chi connectivity index (χ0) is 14.0. The molecule has 4 nitrogen and oxygen atoms in total. The van der Waals surface area contributed by atoms with Crippen LogP contribution in [0.5, 0.6) is 11.5 Å². The monoisotopic (exact) mass is 275 g/mol. The van der Waals surface area contributed by atoms with Crippen molar-refractivity contribution in [2.24, 2.45) is 5.73 Å². The standard InChI is InChI=1S/C14H14ClN3O/c1-8-7-12(13(14(16)17)9(2)18-8)19-11-6-4-3-5-10(11)15/h3-7H,1-2H3,(H3,16,17). The molecule has 3 N–H and O–H groups in total. The third-order valence-corrected chi connectivity index (χ3v) is 2.93. The molecule has 5 heteroatoms. The third kappa shape index (κ3) is 2.85. The molecule has 2 rings (SSSR count). The van der Waals surface area contributed by atoms with Crippen LogP contribution in [0, 0.1) is 19.3 Å². The molecule has 0 radical (unpaired) electrons. The number of hydrogen-bond acceptors (Lipinski definition) is 3. The second kappa shape index (κ2) is 5.28. The second-order valence-corrected chi connectivity index (χ2v) is 4.58. The van der Waals surface area contributed by atoms with E-state index in [0.717, 1.165) is 5.69 Å². The summed E-state index contributed by atoms with van der Waals surface area (Å²) in [6.07, 6.45) is 0. The number of ether oxygens (including phenoxy) is 1. The number of amidine groups is 1. The first-order chi connectivity index (χ1) is 8.99. The van der Waals surface area contributed by atoms with Crippen molar-refractivity contribution in [1.82, 2.24) is 4.98 Å². The number of nitrogens with two attached hydrogens (primary N) is 1. The lowest BCUT2D eigenvalue weighted by Gasteiger charge is -2.13. The molecule has 0 aliphatic carbocycles. The molecule has 0 aliphatic heterocycles. The molecule has 0 bridgehead atoms. The van der Waals surface area contributed by atoms with Gasteiger partial charge in [-0.2, -0.15) is 0 Å². The first kappa shape index (κ1) is 13.4. The fraction of sp³-hybridized carbons (Fsp3) is 0.143. The molecule has 0 aliphatic rings. The minimum atomic E-state index is -0.0768. The predicted molar refractivity (Wildman–Crippen MR) is 76.3 cm³/mol. The van der Waals surface area contributed by atoms with Crippen molar-refractivity contribution in [2.45, 2.75) is 13.8 Å². The molecule has 0 amide bonds. The van der Waals surface area contributed by atoms with Crippen LogP contribution in [0.1, 0.15) is 17.0 Å². The Morgan fingerprint density at radius 2 is 1.95 bits per heavy atom. The molecule has 0 fully saturated rings. The minimum absolute atomic E-state index is 0.0768. The maximum Gasteiger partial charge on any atom is 0.146 e. The number of benzene rings is 1. The highest BCUT2D eigenvalue weighted by atomic mass is 35.5. The lowest BCUT2D eigenvalue weighted by molar-refractivity contribution is 0.479. The number of aryl methyl sites for hydroxylation is 2. The quantitative estimate of drug-likeness (QED) is 0.666. The molecule has 0 spiro atoms. The largest absolute Gasteiger partial charge is 0.455 e. The summed E-state index contributed by atoms with van der Waals surface area (Å²) in [5.41, 5.74) is 7.54. The van der Waals surface area contributed by atoms with Crippen LogP contribution in [0.4, 0.5) is 0 Å². The number of nitrogen functional groups attached to an aromatic ring is 1. The number of nitrogens with zero attached hydrogens (tertiary/aromatic N) is 1. The van der Waals surface area contributed by atoms with E-state index in [1.807, 2.05) is 19.1 Å². The van der Waals surface area contributed by atoms with E-state index in [1.165, 1.54) is 0 Å². The molecule has 1 aromatic carbocycles. The normalized spacial score (nSPS) is 10.3. The zero-order valence-electron chi connectivity index (χ0n) is 10.7. The summed E-state index contributed by atoms with van der Waals surface area (Å²) < 4.78 is 5.77. The van der Waals surface area contributed by atoms with Crippen LogP contribution < -0.4 is 10.5 Å². The molecule has 0 atom stereocenters. The summed E-state index contributed by atoms with van der Waals surface area (Å²) >= 11 is 6.06. The van der Waals surface area contributed by atoms with Gasteiger partial charge in [0.15, 0.2) is 0 Å². The van der Waals surface area contributed by atoms with Gasteiger partial charge < -0.3 is 10.5 Å². The van der Waals surface area contributed by atoms with E-state index in [9.17, 15) is 0 Å². The Balaban J connectivity index is 2.51. The first-order valence-electron chi connectivity index (χ1n) is 5.74. The van der Waals surface area contributed by atoms with Crippen molar-refractivity contribution in [1.29, 1.82) is 5.41 Å². The topological polar surface area (TPSA) is 72.0 Å². The molecule has 98 valence electrons. The van der Waals surface area contributed by atoms with Gasteiger partial charge in [-0.3, -0.25) is 10.4 Å². The van der Waals surface area contributed by atoms with Gasteiger partial charge in [0.2, 0.25) is 0 Å². The molecular weight excluding hydrogens is 262 g/mol. The van der Waals surface area contributed by atoms with Crippen molar-refractivity contribution in [2.75, 3.05) is 0 Å². The molecular formula is C14H14ClN3O. The van der Waals surface area contributed by atoms with Crippen LogP contribution in [-0.4, -0.2) is 10.8 Å². The van der Waals surface area contributed by atoms with Crippen molar-refractivity contribution in [3.8, 4) is 11.5 Å². The summed E-state index contributed by atoms with van der Waals surface area (Å²) in [4.78, 5) is 4.29. The fourth-order valence-corrected chi connectivity index (χ4v) is 2.02. The van der Waals surface area contributed by atoms with E-state index in [-0.39, 0.29) is 5.84 Å². The van der Waals surface area contributed by atoms with Crippen LogP contribution in [0.2, 0.25) is 5.02 Å². The van der Waals surface area contributed by atoms with E-state index in [1.54, 1.807) is 25.1 Å². The Morgan fingerprint density at radius 1 is 1.26 bits per heavy atom. The van der Waals surface area contributed by atoms with Crippen molar-refractivity contribution in [3.63, 3.8) is 0 Å². The molecule has 2 aromatic rings. The highest BCUT2D eigenvalue weighted by Crippen LogP contribution is 2.32. The molecule has 1 heterocycles. The molecule has 0 saturated carbocycles. The van der Waals surface area contributed by atoms with Gasteiger partial charge in [0, 0.05) is 11.8 Å². The van der Waals surface area contributed by atoms with Gasteiger partial charge >= 0.3 is 0 Å². The van der Waals surface area contributed by atoms with Gasteiger partial charge in [-0.15, -0.1) is 0 Å². The van der Waals surface area contributed by atoms with E-state index >= 15 is 0 Å². The Bertz CT molecular complexity index is 641. The van der Waals surface area contributed by atoms with Crippen LogP contribution >= 0.6 is 11.6 Å². The number of nitrogens with one attached hydrogen (secondary N) is 1. The SMILES string of the molecule is Cc1cc(Oc2ccccc2Cl)c(C(=N)N)c(C)n1. The van der Waals surface area contributed by atoms with Gasteiger partial charge in [-0.25, -0.2) is 0 Å². The van der Waals surface area contributed by atoms with Crippen LogP contribution in [-0.2, 0) is 0 Å². The van der Waals surface area contributed by atoms with Gasteiger partial charge in [0.05, 0.1) is 16.3 Å². The smallest absolute Gasteiger partial charge is 0.146 e. The zero-order valence-corrected chi connectivity index (χ0v) is 11.5. The van der Waals surface area contributed by atoms with Crippen LogP contribution in [0.15, 0.2) is 30.3 Å². The van der Waals surface area contributed by atoms with Crippen molar-refractivity contribution < 1.29 is 4.74 Å². The summed E-state index contributed by atoms with van der Waals surface area (Å²) in [5, 5.41) is 8.14. The Morgan fingerprint density at radius 3 is 2.58 bits per heavy atom. The number of aromatic nitrogens is 1. The Hall–Kier alpha value is -2.07. The molecule has 0 saturated heterocycles. The second-order valence-electron chi connectivity index (χ2n) is 4.17. The molecule has 1 aromatic heterocycles. The van der Waals surface area contributed by atoms with Gasteiger partial charge in [0.1, 0.15) is 17.3 Å². The van der Waals surface area contributed by atoms with Crippen LogP contribution in [0.25, 0.3) is 0 Å². The maximum absolute atomic E-state index is 7.63.